The second-order valence-corrected chi connectivity index (χ2v) is 6.52. The van der Waals surface area contributed by atoms with Crippen LogP contribution in [0.3, 0.4) is 0 Å². The highest BCUT2D eigenvalue weighted by Gasteiger charge is 2.14. The lowest BCUT2D eigenvalue weighted by molar-refractivity contribution is 0.0602. The molecule has 0 fully saturated rings. The van der Waals surface area contributed by atoms with Gasteiger partial charge in [-0.05, 0) is 59.0 Å². The van der Waals surface area contributed by atoms with Crippen molar-refractivity contribution >= 4 is 57.3 Å². The number of ether oxygens (including phenoxy) is 1. The van der Waals surface area contributed by atoms with Crippen molar-refractivity contribution in [2.24, 2.45) is 0 Å². The van der Waals surface area contributed by atoms with E-state index in [1.807, 2.05) is 24.3 Å². The van der Waals surface area contributed by atoms with E-state index in [1.54, 1.807) is 24.3 Å². The third-order valence-electron chi connectivity index (χ3n) is 3.58. The molecule has 2 aromatic carbocycles. The summed E-state index contributed by atoms with van der Waals surface area (Å²) in [6.45, 7) is 0. The molecule has 1 aromatic heterocycles. The minimum Gasteiger partial charge on any atom is -0.465 e. The van der Waals surface area contributed by atoms with Gasteiger partial charge in [-0.1, -0.05) is 12.1 Å². The molecule has 7 nitrogen and oxygen atoms in total. The van der Waals surface area contributed by atoms with Gasteiger partial charge in [0.15, 0.2) is 11.6 Å². The van der Waals surface area contributed by atoms with Crippen molar-refractivity contribution in [2.45, 2.75) is 0 Å². The van der Waals surface area contributed by atoms with E-state index in [2.05, 4.69) is 43.2 Å². The summed E-state index contributed by atoms with van der Waals surface area (Å²) >= 11 is 2.24. The summed E-state index contributed by atoms with van der Waals surface area (Å²) in [4.78, 5) is 20.3. The first-order valence-electron chi connectivity index (χ1n) is 7.66. The van der Waals surface area contributed by atoms with Crippen LogP contribution in [0, 0.1) is 3.57 Å². The summed E-state index contributed by atoms with van der Waals surface area (Å²) in [6, 6.07) is 14.8. The number of nitrogens with one attached hydrogen (secondary N) is 2. The van der Waals surface area contributed by atoms with Crippen LogP contribution in [0.1, 0.15) is 10.4 Å². The third-order valence-corrected chi connectivity index (χ3v) is 4.30. The predicted octanol–water partition coefficient (Wildman–Crippen LogP) is 3.94. The number of carbonyl (C=O) groups excluding carboxylic acids is 1. The van der Waals surface area contributed by atoms with E-state index in [0.717, 1.165) is 9.26 Å². The van der Waals surface area contributed by atoms with Gasteiger partial charge in [-0.25, -0.2) is 14.8 Å². The molecule has 0 unspecified atom stereocenters. The molecule has 3 aromatic rings. The molecule has 0 saturated heterocycles. The van der Waals surface area contributed by atoms with Gasteiger partial charge in [-0.3, -0.25) is 0 Å². The van der Waals surface area contributed by atoms with Gasteiger partial charge >= 0.3 is 5.97 Å². The molecular weight excluding hydrogens is 445 g/mol. The number of aromatic nitrogens is 2. The average Bonchev–Trinajstić information content (AvgIpc) is 2.66. The van der Waals surface area contributed by atoms with Crippen LogP contribution in [-0.2, 0) is 4.74 Å². The molecule has 0 aliphatic carbocycles. The number of nitrogen functional groups attached to an aromatic ring is 1. The molecule has 0 aliphatic rings. The van der Waals surface area contributed by atoms with E-state index in [0.29, 0.717) is 28.6 Å². The van der Waals surface area contributed by atoms with Crippen LogP contribution >= 0.6 is 22.6 Å². The first-order chi connectivity index (χ1) is 12.6. The van der Waals surface area contributed by atoms with Crippen LogP contribution in [0.4, 0.5) is 28.7 Å². The summed E-state index contributed by atoms with van der Waals surface area (Å²) in [7, 11) is 1.33. The van der Waals surface area contributed by atoms with Gasteiger partial charge in [0, 0.05) is 9.26 Å². The minimum absolute atomic E-state index is 0.339. The molecule has 1 heterocycles. The Morgan fingerprint density at radius 2 is 1.69 bits per heavy atom. The Morgan fingerprint density at radius 1 is 1.04 bits per heavy atom. The number of hydrogen-bond donors (Lipinski definition) is 3. The molecule has 0 aliphatic heterocycles. The smallest absolute Gasteiger partial charge is 0.339 e. The van der Waals surface area contributed by atoms with Crippen molar-refractivity contribution in [2.75, 3.05) is 23.5 Å². The standard InChI is InChI=1S/C18H16IN5O2/c1-26-18(25)13-4-2-3-5-14(13)24-17-15(20)16(21-10-22-17)23-12-8-6-11(19)7-9-12/h2-10H,20H2,1H3,(H2,21,22,23,24). The fourth-order valence-electron chi connectivity index (χ4n) is 2.27. The molecule has 0 bridgehead atoms. The lowest BCUT2D eigenvalue weighted by Crippen LogP contribution is -2.09. The zero-order valence-electron chi connectivity index (χ0n) is 13.9. The monoisotopic (exact) mass is 461 g/mol. The highest BCUT2D eigenvalue weighted by atomic mass is 127. The number of para-hydroxylation sites is 1. The highest BCUT2D eigenvalue weighted by molar-refractivity contribution is 14.1. The van der Waals surface area contributed by atoms with Gasteiger partial charge in [0.25, 0.3) is 0 Å². The van der Waals surface area contributed by atoms with E-state index >= 15 is 0 Å². The summed E-state index contributed by atoms with van der Waals surface area (Å²) in [6.07, 6.45) is 1.40. The number of halogens is 1. The van der Waals surface area contributed by atoms with E-state index in [1.165, 1.54) is 13.4 Å². The van der Waals surface area contributed by atoms with E-state index < -0.39 is 5.97 Å². The average molecular weight is 461 g/mol. The van der Waals surface area contributed by atoms with Gasteiger partial charge in [0.2, 0.25) is 0 Å². The summed E-state index contributed by atoms with van der Waals surface area (Å²) < 4.78 is 5.93. The number of benzene rings is 2. The minimum atomic E-state index is -0.446. The van der Waals surface area contributed by atoms with Gasteiger partial charge in [-0.2, -0.15) is 0 Å². The van der Waals surface area contributed by atoms with Crippen LogP contribution in [-0.4, -0.2) is 23.0 Å². The molecular formula is C18H16IN5O2. The second kappa shape index (κ2) is 8.00. The molecule has 0 radical (unpaired) electrons. The molecule has 0 amide bonds. The molecule has 4 N–H and O–H groups in total. The Bertz CT molecular complexity index is 931. The van der Waals surface area contributed by atoms with E-state index in [9.17, 15) is 4.79 Å². The lowest BCUT2D eigenvalue weighted by Gasteiger charge is -2.14. The molecule has 0 saturated carbocycles. The number of rotatable bonds is 5. The van der Waals surface area contributed by atoms with Crippen LogP contribution in [0.15, 0.2) is 54.9 Å². The number of hydrogen-bond acceptors (Lipinski definition) is 7. The zero-order valence-corrected chi connectivity index (χ0v) is 16.0. The Morgan fingerprint density at radius 3 is 2.38 bits per heavy atom. The Balaban J connectivity index is 1.88. The van der Waals surface area contributed by atoms with Gasteiger partial charge in [0.1, 0.15) is 12.0 Å². The van der Waals surface area contributed by atoms with Crippen molar-refractivity contribution in [3.8, 4) is 0 Å². The Hall–Kier alpha value is -2.88. The molecule has 3 rings (SSSR count). The van der Waals surface area contributed by atoms with Crippen LogP contribution in [0.25, 0.3) is 0 Å². The summed E-state index contributed by atoms with van der Waals surface area (Å²) in [5.41, 5.74) is 8.33. The van der Waals surface area contributed by atoms with E-state index in [4.69, 9.17) is 10.5 Å². The van der Waals surface area contributed by atoms with Crippen LogP contribution in [0.5, 0.6) is 0 Å². The van der Waals surface area contributed by atoms with Gasteiger partial charge < -0.3 is 21.1 Å². The number of esters is 1. The lowest BCUT2D eigenvalue weighted by atomic mass is 10.2. The SMILES string of the molecule is COC(=O)c1ccccc1Nc1ncnc(Nc2ccc(I)cc2)c1N. The van der Waals surface area contributed by atoms with Crippen molar-refractivity contribution in [3.05, 3.63) is 64.0 Å². The first kappa shape index (κ1) is 17.9. The maximum Gasteiger partial charge on any atom is 0.339 e. The second-order valence-electron chi connectivity index (χ2n) is 5.28. The largest absolute Gasteiger partial charge is 0.465 e. The molecule has 0 spiro atoms. The van der Waals surface area contributed by atoms with Gasteiger partial charge in [0.05, 0.1) is 18.4 Å². The Kier molecular flexibility index (Phi) is 5.52. The maximum atomic E-state index is 11.9. The molecule has 0 atom stereocenters. The van der Waals surface area contributed by atoms with Crippen molar-refractivity contribution in [1.82, 2.24) is 9.97 Å². The zero-order chi connectivity index (χ0) is 18.5. The van der Waals surface area contributed by atoms with E-state index in [-0.39, 0.29) is 0 Å². The van der Waals surface area contributed by atoms with Gasteiger partial charge in [-0.15, -0.1) is 0 Å². The summed E-state index contributed by atoms with van der Waals surface area (Å²) in [5.74, 6) is 0.418. The number of carbonyl (C=O) groups is 1. The fraction of sp³-hybridized carbons (Fsp3) is 0.0556. The number of nitrogens with zero attached hydrogens (tertiary/aromatic N) is 2. The third kappa shape index (κ3) is 4.02. The van der Waals surface area contributed by atoms with Crippen LogP contribution in [0.2, 0.25) is 0 Å². The fourth-order valence-corrected chi connectivity index (χ4v) is 2.63. The maximum absolute atomic E-state index is 11.9. The normalized spacial score (nSPS) is 10.2. The Labute approximate surface area is 164 Å². The predicted molar refractivity (Wildman–Crippen MR) is 110 cm³/mol. The van der Waals surface area contributed by atoms with Crippen molar-refractivity contribution < 1.29 is 9.53 Å². The van der Waals surface area contributed by atoms with Crippen molar-refractivity contribution in [3.63, 3.8) is 0 Å². The molecule has 8 heteroatoms. The van der Waals surface area contributed by atoms with Crippen LogP contribution < -0.4 is 16.4 Å². The van der Waals surface area contributed by atoms with Crippen molar-refractivity contribution in [1.29, 1.82) is 0 Å². The topological polar surface area (TPSA) is 102 Å². The summed E-state index contributed by atoms with van der Waals surface area (Å²) in [5, 5.41) is 6.24. The number of methoxy groups -OCH3 is 1. The highest BCUT2D eigenvalue weighted by Crippen LogP contribution is 2.29. The quantitative estimate of drug-likeness (QED) is 0.391. The first-order valence-corrected chi connectivity index (χ1v) is 8.74. The number of anilines is 5. The molecule has 132 valence electrons. The number of nitrogens with two attached hydrogens (primary N) is 1. The molecule has 26 heavy (non-hydrogen) atoms.